The molecule has 0 radical (unpaired) electrons. The molecule has 2 unspecified atom stereocenters. The van der Waals surface area contributed by atoms with Gasteiger partial charge in [-0.1, -0.05) is 27.7 Å². The molecule has 0 saturated carbocycles. The fourth-order valence-corrected chi connectivity index (χ4v) is 2.88. The van der Waals surface area contributed by atoms with Gasteiger partial charge in [0.05, 0.1) is 12.0 Å². The Balaban J connectivity index is 5.68. The Bertz CT molecular complexity index is 473. The zero-order valence-electron chi connectivity index (χ0n) is 16.2. The van der Waals surface area contributed by atoms with Crippen LogP contribution in [-0.2, 0) is 28.7 Å². The second-order valence-electron chi connectivity index (χ2n) is 6.44. The van der Waals surface area contributed by atoms with Crippen LogP contribution in [0.15, 0.2) is 0 Å². The first-order chi connectivity index (χ1) is 11.8. The van der Waals surface area contributed by atoms with Crippen LogP contribution in [0.2, 0.25) is 0 Å². The van der Waals surface area contributed by atoms with Crippen molar-refractivity contribution in [2.45, 2.75) is 85.2 Å². The van der Waals surface area contributed by atoms with Gasteiger partial charge >= 0.3 is 11.9 Å². The van der Waals surface area contributed by atoms with Gasteiger partial charge in [0.1, 0.15) is 6.29 Å². The van der Waals surface area contributed by atoms with Crippen LogP contribution < -0.4 is 0 Å². The Morgan fingerprint density at radius 1 is 0.960 bits per heavy atom. The molecule has 0 aromatic carbocycles. The Kier molecular flexibility index (Phi) is 10.2. The van der Waals surface area contributed by atoms with Crippen LogP contribution in [0.1, 0.15) is 79.6 Å². The van der Waals surface area contributed by atoms with E-state index in [9.17, 15) is 19.2 Å². The highest BCUT2D eigenvalue weighted by molar-refractivity contribution is 5.93. The topological polar surface area (TPSA) is 86.7 Å². The number of carbonyl (C=O) groups excluding carboxylic acids is 4. The molecule has 0 bridgehead atoms. The molecule has 25 heavy (non-hydrogen) atoms. The van der Waals surface area contributed by atoms with E-state index in [0.29, 0.717) is 19.1 Å². The van der Waals surface area contributed by atoms with Crippen LogP contribution in [0.25, 0.3) is 0 Å². The van der Waals surface area contributed by atoms with Gasteiger partial charge in [0, 0.05) is 19.3 Å². The quantitative estimate of drug-likeness (QED) is 0.371. The van der Waals surface area contributed by atoms with Crippen molar-refractivity contribution in [2.75, 3.05) is 6.61 Å². The van der Waals surface area contributed by atoms with E-state index in [4.69, 9.17) is 9.47 Å². The number of rotatable bonds is 13. The van der Waals surface area contributed by atoms with Crippen molar-refractivity contribution in [3.05, 3.63) is 0 Å². The van der Waals surface area contributed by atoms with Gasteiger partial charge in [-0.3, -0.25) is 14.4 Å². The Hall–Kier alpha value is -1.72. The van der Waals surface area contributed by atoms with E-state index in [-0.39, 0.29) is 50.5 Å². The summed E-state index contributed by atoms with van der Waals surface area (Å²) in [5.41, 5.74) is -2.79. The fourth-order valence-electron chi connectivity index (χ4n) is 2.88. The molecule has 6 nitrogen and oxygen atoms in total. The van der Waals surface area contributed by atoms with E-state index in [1.807, 2.05) is 13.8 Å². The number of hydrogen-bond donors (Lipinski definition) is 0. The first-order valence-corrected chi connectivity index (χ1v) is 9.13. The van der Waals surface area contributed by atoms with Crippen LogP contribution in [-0.4, -0.2) is 36.2 Å². The van der Waals surface area contributed by atoms with Gasteiger partial charge < -0.3 is 14.3 Å². The van der Waals surface area contributed by atoms with Crippen LogP contribution in [0.4, 0.5) is 0 Å². The normalized spacial score (nSPS) is 15.6. The molecular formula is C19H32O6. The number of hydrogen-bond acceptors (Lipinski definition) is 6. The summed E-state index contributed by atoms with van der Waals surface area (Å²) >= 11 is 0. The van der Waals surface area contributed by atoms with Crippen molar-refractivity contribution in [3.63, 3.8) is 0 Å². The molecule has 144 valence electrons. The summed E-state index contributed by atoms with van der Waals surface area (Å²) in [6, 6.07) is 0. The van der Waals surface area contributed by atoms with Gasteiger partial charge in [-0.15, -0.1) is 0 Å². The summed E-state index contributed by atoms with van der Waals surface area (Å²) in [5, 5.41) is 0. The standard InChI is InChI=1S/C19H32O6/c1-6-10-15(21)19(9-4,25-17(23)11-7-2)18(5,14-20)12-13-24-16(22)8-3/h14H,6-13H2,1-5H3. The third-order valence-electron chi connectivity index (χ3n) is 4.52. The molecule has 0 spiro atoms. The number of aldehydes is 1. The van der Waals surface area contributed by atoms with Crippen LogP contribution in [0.5, 0.6) is 0 Å². The van der Waals surface area contributed by atoms with Crippen LogP contribution >= 0.6 is 0 Å². The highest BCUT2D eigenvalue weighted by Gasteiger charge is 2.55. The van der Waals surface area contributed by atoms with Crippen molar-refractivity contribution in [3.8, 4) is 0 Å². The lowest BCUT2D eigenvalue weighted by Crippen LogP contribution is -2.57. The van der Waals surface area contributed by atoms with E-state index >= 15 is 0 Å². The molecule has 0 heterocycles. The third kappa shape index (κ3) is 5.94. The molecule has 0 aliphatic heterocycles. The minimum Gasteiger partial charge on any atom is -0.466 e. The van der Waals surface area contributed by atoms with Crippen LogP contribution in [0.3, 0.4) is 0 Å². The Morgan fingerprint density at radius 2 is 1.56 bits per heavy atom. The maximum absolute atomic E-state index is 12.9. The van der Waals surface area contributed by atoms with Crippen molar-refractivity contribution in [1.82, 2.24) is 0 Å². The molecule has 0 saturated heterocycles. The number of ketones is 1. The number of carbonyl (C=O) groups is 4. The lowest BCUT2D eigenvalue weighted by atomic mass is 9.67. The first kappa shape index (κ1) is 23.3. The monoisotopic (exact) mass is 356 g/mol. The van der Waals surface area contributed by atoms with E-state index in [1.54, 1.807) is 20.8 Å². The van der Waals surface area contributed by atoms with Gasteiger partial charge in [-0.05, 0) is 32.6 Å². The molecule has 0 fully saturated rings. The summed E-state index contributed by atoms with van der Waals surface area (Å²) in [6.07, 6.45) is 2.77. The second kappa shape index (κ2) is 11.0. The molecule has 0 aliphatic rings. The fraction of sp³-hybridized carbons (Fsp3) is 0.789. The van der Waals surface area contributed by atoms with Crippen molar-refractivity contribution < 1.29 is 28.7 Å². The summed E-state index contributed by atoms with van der Waals surface area (Å²) in [4.78, 5) is 48.3. The maximum Gasteiger partial charge on any atom is 0.306 e. The molecule has 0 N–H and O–H groups in total. The summed E-state index contributed by atoms with van der Waals surface area (Å²) < 4.78 is 10.7. The molecular weight excluding hydrogens is 324 g/mol. The first-order valence-electron chi connectivity index (χ1n) is 9.13. The molecule has 0 amide bonds. The predicted molar refractivity (Wildman–Crippen MR) is 94.0 cm³/mol. The van der Waals surface area contributed by atoms with Crippen molar-refractivity contribution >= 4 is 24.0 Å². The van der Waals surface area contributed by atoms with Gasteiger partial charge in [0.25, 0.3) is 0 Å². The smallest absolute Gasteiger partial charge is 0.306 e. The van der Waals surface area contributed by atoms with E-state index in [2.05, 4.69) is 0 Å². The van der Waals surface area contributed by atoms with Crippen molar-refractivity contribution in [1.29, 1.82) is 0 Å². The minimum atomic E-state index is -1.53. The van der Waals surface area contributed by atoms with E-state index in [0.717, 1.165) is 0 Å². The number of ether oxygens (including phenoxy) is 2. The zero-order chi connectivity index (χ0) is 19.5. The zero-order valence-corrected chi connectivity index (χ0v) is 16.2. The molecule has 0 aliphatic carbocycles. The van der Waals surface area contributed by atoms with E-state index in [1.165, 1.54) is 0 Å². The second-order valence-corrected chi connectivity index (χ2v) is 6.44. The third-order valence-corrected chi connectivity index (χ3v) is 4.52. The molecule has 0 aromatic heterocycles. The largest absolute Gasteiger partial charge is 0.466 e. The summed E-state index contributed by atoms with van der Waals surface area (Å²) in [5.74, 6) is -1.14. The lowest BCUT2D eigenvalue weighted by molar-refractivity contribution is -0.186. The van der Waals surface area contributed by atoms with Crippen molar-refractivity contribution in [2.24, 2.45) is 5.41 Å². The van der Waals surface area contributed by atoms with Gasteiger partial charge in [0.2, 0.25) is 0 Å². The number of Topliss-reactive ketones (excluding diaryl/α,β-unsaturated/α-hetero) is 1. The molecule has 0 rings (SSSR count). The summed E-state index contributed by atoms with van der Waals surface area (Å²) in [7, 11) is 0. The maximum atomic E-state index is 12.9. The average molecular weight is 356 g/mol. The Morgan fingerprint density at radius 3 is 2.00 bits per heavy atom. The highest BCUT2D eigenvalue weighted by atomic mass is 16.6. The molecule has 2 atom stereocenters. The van der Waals surface area contributed by atoms with Gasteiger partial charge in [-0.25, -0.2) is 0 Å². The molecule has 0 aromatic rings. The Labute approximate surface area is 150 Å². The average Bonchev–Trinajstić information content (AvgIpc) is 2.59. The van der Waals surface area contributed by atoms with Gasteiger partial charge in [0.15, 0.2) is 11.4 Å². The highest BCUT2D eigenvalue weighted by Crippen LogP contribution is 2.41. The SMILES string of the molecule is CCCC(=O)OC(CC)(C(=O)CCC)C(C)(C=O)CCOC(=O)CC. The minimum absolute atomic E-state index is 0.00556. The van der Waals surface area contributed by atoms with E-state index < -0.39 is 17.0 Å². The van der Waals surface area contributed by atoms with Gasteiger partial charge in [-0.2, -0.15) is 0 Å². The predicted octanol–water partition coefficient (Wildman–Crippen LogP) is 3.40. The number of esters is 2. The summed E-state index contributed by atoms with van der Waals surface area (Å²) in [6.45, 7) is 8.69. The lowest BCUT2D eigenvalue weighted by Gasteiger charge is -2.43. The van der Waals surface area contributed by atoms with Crippen LogP contribution in [0, 0.1) is 5.41 Å². The molecule has 6 heteroatoms.